The van der Waals surface area contributed by atoms with E-state index in [1.54, 1.807) is 6.26 Å². The van der Waals surface area contributed by atoms with Crippen LogP contribution in [0.25, 0.3) is 11.0 Å². The molecule has 1 fully saturated rings. The van der Waals surface area contributed by atoms with Crippen molar-refractivity contribution in [1.29, 1.82) is 0 Å². The number of furan rings is 1. The minimum absolute atomic E-state index is 0.962. The Hall–Kier alpha value is -1.55. The van der Waals surface area contributed by atoms with Gasteiger partial charge in [-0.05, 0) is 13.0 Å². The Balaban J connectivity index is 2.08. The lowest BCUT2D eigenvalue weighted by molar-refractivity contribution is 0.585. The van der Waals surface area contributed by atoms with Crippen LogP contribution in [0.15, 0.2) is 22.9 Å². The number of nitrogens with zero attached hydrogens (tertiary/aromatic N) is 2. The largest absolute Gasteiger partial charge is 0.464 e. The lowest BCUT2D eigenvalue weighted by Crippen LogP contribution is -2.43. The van der Waals surface area contributed by atoms with Gasteiger partial charge in [-0.1, -0.05) is 0 Å². The molecule has 16 heavy (non-hydrogen) atoms. The molecule has 0 atom stereocenters. The zero-order valence-electron chi connectivity index (χ0n) is 9.36. The van der Waals surface area contributed by atoms with E-state index in [2.05, 4.69) is 15.2 Å². The second-order valence-electron chi connectivity index (χ2n) is 4.17. The minimum atomic E-state index is 0.962. The number of pyridine rings is 1. The molecule has 4 heteroatoms. The molecular weight excluding hydrogens is 202 g/mol. The molecule has 2 aromatic rings. The molecule has 3 rings (SSSR count). The van der Waals surface area contributed by atoms with Gasteiger partial charge in [0.25, 0.3) is 0 Å². The summed E-state index contributed by atoms with van der Waals surface area (Å²) in [5.41, 5.74) is 2.06. The Bertz CT molecular complexity index is 500. The van der Waals surface area contributed by atoms with E-state index >= 15 is 0 Å². The summed E-state index contributed by atoms with van der Waals surface area (Å²) in [6, 6.07) is 2.01. The average molecular weight is 217 g/mol. The summed E-state index contributed by atoms with van der Waals surface area (Å²) in [4.78, 5) is 6.85. The molecule has 2 aromatic heterocycles. The van der Waals surface area contributed by atoms with Crippen LogP contribution >= 0.6 is 0 Å². The van der Waals surface area contributed by atoms with Gasteiger partial charge in [-0.2, -0.15) is 0 Å². The van der Waals surface area contributed by atoms with Gasteiger partial charge in [0.15, 0.2) is 0 Å². The van der Waals surface area contributed by atoms with E-state index < -0.39 is 0 Å². The molecule has 0 spiro atoms. The van der Waals surface area contributed by atoms with Gasteiger partial charge in [-0.25, -0.2) is 4.98 Å². The molecule has 84 valence electrons. The highest BCUT2D eigenvalue weighted by atomic mass is 16.3. The van der Waals surface area contributed by atoms with Crippen LogP contribution in [0.5, 0.6) is 0 Å². The lowest BCUT2D eigenvalue weighted by Gasteiger charge is -2.28. The van der Waals surface area contributed by atoms with Gasteiger partial charge in [-0.3, -0.25) is 0 Å². The maximum Gasteiger partial charge on any atom is 0.142 e. The molecule has 0 bridgehead atoms. The highest BCUT2D eigenvalue weighted by molar-refractivity contribution is 5.90. The first-order chi connectivity index (χ1) is 7.86. The number of fused-ring (bicyclic) bond motifs is 1. The Morgan fingerprint density at radius 2 is 2.19 bits per heavy atom. The maximum atomic E-state index is 5.50. The number of rotatable bonds is 1. The summed E-state index contributed by atoms with van der Waals surface area (Å²) in [5, 5.41) is 4.47. The fraction of sp³-hybridized carbons (Fsp3) is 0.417. The first-order valence-corrected chi connectivity index (χ1v) is 5.65. The number of aromatic nitrogens is 1. The number of nitrogens with one attached hydrogen (secondary N) is 1. The van der Waals surface area contributed by atoms with Crippen LogP contribution in [-0.2, 0) is 0 Å². The molecule has 4 nitrogen and oxygen atoms in total. The third-order valence-corrected chi connectivity index (χ3v) is 3.06. The van der Waals surface area contributed by atoms with Crippen LogP contribution in [0, 0.1) is 6.92 Å². The number of anilines is 1. The van der Waals surface area contributed by atoms with Crippen molar-refractivity contribution in [3.63, 3.8) is 0 Å². The maximum absolute atomic E-state index is 5.50. The molecule has 1 N–H and O–H groups in total. The quantitative estimate of drug-likeness (QED) is 0.786. The first kappa shape index (κ1) is 9.66. The molecular formula is C12H15N3O. The number of hydrogen-bond acceptors (Lipinski definition) is 4. The minimum Gasteiger partial charge on any atom is -0.464 e. The van der Waals surface area contributed by atoms with Crippen LogP contribution < -0.4 is 10.2 Å². The fourth-order valence-electron chi connectivity index (χ4n) is 2.21. The van der Waals surface area contributed by atoms with Crippen molar-refractivity contribution in [2.24, 2.45) is 0 Å². The third-order valence-electron chi connectivity index (χ3n) is 3.06. The van der Waals surface area contributed by atoms with E-state index in [0.717, 1.165) is 48.5 Å². The number of hydrogen-bond donors (Lipinski definition) is 1. The molecule has 1 saturated heterocycles. The molecule has 1 aliphatic heterocycles. The Kier molecular flexibility index (Phi) is 2.29. The standard InChI is InChI=1S/C12H15N3O/c1-9-8-14-12(10-2-7-16-11(9)10)15-5-3-13-4-6-15/h2,7-8,13H,3-6H2,1H3. The second kappa shape index (κ2) is 3.79. The van der Waals surface area contributed by atoms with Crippen LogP contribution in [0.4, 0.5) is 5.82 Å². The molecule has 0 saturated carbocycles. The van der Waals surface area contributed by atoms with E-state index in [1.807, 2.05) is 19.2 Å². The predicted octanol–water partition coefficient (Wildman–Crippen LogP) is 1.55. The van der Waals surface area contributed by atoms with Gasteiger partial charge < -0.3 is 14.6 Å². The third kappa shape index (κ3) is 1.46. The first-order valence-electron chi connectivity index (χ1n) is 5.65. The molecule has 0 aromatic carbocycles. The Labute approximate surface area is 94.3 Å². The van der Waals surface area contributed by atoms with Crippen LogP contribution in [0.1, 0.15) is 5.56 Å². The van der Waals surface area contributed by atoms with Crippen molar-refractivity contribution in [2.45, 2.75) is 6.92 Å². The summed E-state index contributed by atoms with van der Waals surface area (Å²) in [6.45, 7) is 6.09. The summed E-state index contributed by atoms with van der Waals surface area (Å²) < 4.78 is 5.50. The molecule has 3 heterocycles. The summed E-state index contributed by atoms with van der Waals surface area (Å²) in [7, 11) is 0. The second-order valence-corrected chi connectivity index (χ2v) is 4.17. The fourth-order valence-corrected chi connectivity index (χ4v) is 2.21. The van der Waals surface area contributed by atoms with Crippen molar-refractivity contribution in [3.05, 3.63) is 24.1 Å². The summed E-state index contributed by atoms with van der Waals surface area (Å²) >= 11 is 0. The van der Waals surface area contributed by atoms with Crippen LogP contribution in [0.3, 0.4) is 0 Å². The SMILES string of the molecule is Cc1cnc(N2CCNCC2)c2ccoc12. The average Bonchev–Trinajstić information content (AvgIpc) is 2.81. The highest BCUT2D eigenvalue weighted by Crippen LogP contribution is 2.27. The van der Waals surface area contributed by atoms with Crippen LogP contribution in [0.2, 0.25) is 0 Å². The van der Waals surface area contributed by atoms with Gasteiger partial charge in [0, 0.05) is 37.9 Å². The van der Waals surface area contributed by atoms with E-state index in [4.69, 9.17) is 4.42 Å². The zero-order chi connectivity index (χ0) is 11.0. The Morgan fingerprint density at radius 3 is 3.00 bits per heavy atom. The molecule has 0 amide bonds. The summed E-state index contributed by atoms with van der Waals surface area (Å²) in [5.74, 6) is 1.05. The van der Waals surface area contributed by atoms with Crippen molar-refractivity contribution in [3.8, 4) is 0 Å². The van der Waals surface area contributed by atoms with Crippen molar-refractivity contribution in [2.75, 3.05) is 31.1 Å². The molecule has 0 unspecified atom stereocenters. The molecule has 0 aliphatic carbocycles. The smallest absolute Gasteiger partial charge is 0.142 e. The number of aryl methyl sites for hydroxylation is 1. The van der Waals surface area contributed by atoms with Crippen molar-refractivity contribution < 1.29 is 4.42 Å². The van der Waals surface area contributed by atoms with Gasteiger partial charge in [0.2, 0.25) is 0 Å². The number of piperazine rings is 1. The molecule has 0 radical (unpaired) electrons. The van der Waals surface area contributed by atoms with E-state index in [0.29, 0.717) is 0 Å². The molecule has 1 aliphatic rings. The highest BCUT2D eigenvalue weighted by Gasteiger charge is 2.16. The van der Waals surface area contributed by atoms with Gasteiger partial charge >= 0.3 is 0 Å². The van der Waals surface area contributed by atoms with Gasteiger partial charge in [0.1, 0.15) is 11.4 Å². The topological polar surface area (TPSA) is 41.3 Å². The van der Waals surface area contributed by atoms with Gasteiger partial charge in [-0.15, -0.1) is 0 Å². The van der Waals surface area contributed by atoms with Crippen molar-refractivity contribution >= 4 is 16.8 Å². The predicted molar refractivity (Wildman–Crippen MR) is 63.8 cm³/mol. The lowest BCUT2D eigenvalue weighted by atomic mass is 10.2. The Morgan fingerprint density at radius 1 is 1.38 bits per heavy atom. The van der Waals surface area contributed by atoms with Crippen LogP contribution in [-0.4, -0.2) is 31.2 Å². The van der Waals surface area contributed by atoms with E-state index in [-0.39, 0.29) is 0 Å². The van der Waals surface area contributed by atoms with E-state index in [9.17, 15) is 0 Å². The normalized spacial score (nSPS) is 16.9. The van der Waals surface area contributed by atoms with E-state index in [1.165, 1.54) is 0 Å². The van der Waals surface area contributed by atoms with Crippen molar-refractivity contribution in [1.82, 2.24) is 10.3 Å². The summed E-state index contributed by atoms with van der Waals surface area (Å²) in [6.07, 6.45) is 3.63. The zero-order valence-corrected chi connectivity index (χ0v) is 9.36. The monoisotopic (exact) mass is 217 g/mol. The van der Waals surface area contributed by atoms with Gasteiger partial charge in [0.05, 0.1) is 11.6 Å².